The third-order valence-corrected chi connectivity index (χ3v) is 9.35. The monoisotopic (exact) mass is 597 g/mol. The van der Waals surface area contributed by atoms with Crippen molar-refractivity contribution in [3.63, 3.8) is 0 Å². The molecule has 2 rings (SSSR count). The first kappa shape index (κ1) is 38.0. The highest BCUT2D eigenvalue weighted by Gasteiger charge is 2.08. The first-order valence-electron chi connectivity index (χ1n) is 19.2. The van der Waals surface area contributed by atoms with Gasteiger partial charge in [-0.1, -0.05) is 203 Å². The van der Waals surface area contributed by atoms with Crippen LogP contribution in [0.1, 0.15) is 203 Å². The van der Waals surface area contributed by atoms with Crippen LogP contribution >= 0.6 is 0 Å². The van der Waals surface area contributed by atoms with Crippen LogP contribution in [0.2, 0.25) is 0 Å². The molecule has 0 N–H and O–H groups in total. The van der Waals surface area contributed by atoms with E-state index >= 15 is 0 Å². The fourth-order valence-electron chi connectivity index (χ4n) is 6.37. The molecular formula is C44H68. The maximum absolute atomic E-state index is 3.56. The van der Waals surface area contributed by atoms with Crippen molar-refractivity contribution < 1.29 is 0 Å². The molecule has 0 nitrogen and oxygen atoms in total. The Labute approximate surface area is 275 Å². The summed E-state index contributed by atoms with van der Waals surface area (Å²) < 4.78 is 0. The van der Waals surface area contributed by atoms with E-state index in [4.69, 9.17) is 0 Å². The lowest BCUT2D eigenvalue weighted by Gasteiger charge is -2.09. The van der Waals surface area contributed by atoms with E-state index in [0.29, 0.717) is 0 Å². The molecule has 0 aromatic heterocycles. The number of rotatable bonds is 24. The molecule has 2 aromatic carbocycles. The summed E-state index contributed by atoms with van der Waals surface area (Å²) in [5, 5.41) is 2.54. The second-order valence-corrected chi connectivity index (χ2v) is 13.5. The summed E-state index contributed by atoms with van der Waals surface area (Å²) in [6.07, 6.45) is 35.3. The molecule has 0 heterocycles. The van der Waals surface area contributed by atoms with Crippen LogP contribution in [0.4, 0.5) is 0 Å². The van der Waals surface area contributed by atoms with Crippen LogP contribution in [0.5, 0.6) is 0 Å². The van der Waals surface area contributed by atoms with Gasteiger partial charge in [0.05, 0.1) is 0 Å². The zero-order valence-corrected chi connectivity index (χ0v) is 29.7. The summed E-state index contributed by atoms with van der Waals surface area (Å²) in [5.74, 6) is 14.2. The molecule has 0 bridgehead atoms. The number of unbranched alkanes of at least 4 members (excludes halogenated alkanes) is 24. The Morgan fingerprint density at radius 2 is 0.636 bits per heavy atom. The van der Waals surface area contributed by atoms with Gasteiger partial charge in [-0.25, -0.2) is 0 Å². The fraction of sp³-hybridized carbons (Fsp3) is 0.682. The summed E-state index contributed by atoms with van der Waals surface area (Å²) in [5.41, 5.74) is 4.95. The van der Waals surface area contributed by atoms with Gasteiger partial charge in [-0.2, -0.15) is 0 Å². The molecule has 0 aliphatic heterocycles. The van der Waals surface area contributed by atoms with Crippen molar-refractivity contribution in [1.82, 2.24) is 0 Å². The number of hydrogen-bond donors (Lipinski definition) is 0. The van der Waals surface area contributed by atoms with E-state index in [-0.39, 0.29) is 0 Å². The highest BCUT2D eigenvalue weighted by Crippen LogP contribution is 2.27. The number of hydrogen-bond acceptors (Lipinski definition) is 0. The average molecular weight is 597 g/mol. The van der Waals surface area contributed by atoms with Gasteiger partial charge >= 0.3 is 0 Å². The molecule has 0 radical (unpaired) electrons. The topological polar surface area (TPSA) is 0 Å². The number of benzene rings is 2. The number of fused-ring (bicyclic) bond motifs is 1. The molecule has 0 spiro atoms. The Morgan fingerprint density at radius 3 is 0.932 bits per heavy atom. The van der Waals surface area contributed by atoms with Crippen LogP contribution in [-0.4, -0.2) is 0 Å². The third kappa shape index (κ3) is 16.8. The van der Waals surface area contributed by atoms with Gasteiger partial charge < -0.3 is 0 Å². The molecule has 0 fully saturated rings. The predicted octanol–water partition coefficient (Wildman–Crippen LogP) is 14.3. The Kier molecular flexibility index (Phi) is 22.5. The minimum atomic E-state index is 1.00. The molecule has 0 heteroatoms. The number of aryl methyl sites for hydroxylation is 2. The van der Waals surface area contributed by atoms with E-state index in [1.54, 1.807) is 0 Å². The molecule has 0 aliphatic carbocycles. The van der Waals surface area contributed by atoms with Crippen LogP contribution in [-0.2, 0) is 0 Å². The van der Waals surface area contributed by atoms with Crippen molar-refractivity contribution in [2.75, 3.05) is 0 Å². The van der Waals surface area contributed by atoms with Gasteiger partial charge in [0.1, 0.15) is 0 Å². The van der Waals surface area contributed by atoms with E-state index in [9.17, 15) is 0 Å². The minimum Gasteiger partial charge on any atom is -0.0979 e. The van der Waals surface area contributed by atoms with Crippen molar-refractivity contribution in [2.45, 2.75) is 195 Å². The molecular weight excluding hydrogens is 528 g/mol. The van der Waals surface area contributed by atoms with Gasteiger partial charge in [0.15, 0.2) is 0 Å². The van der Waals surface area contributed by atoms with Gasteiger partial charge in [0, 0.05) is 24.0 Å². The quantitative estimate of drug-likeness (QED) is 0.0835. The van der Waals surface area contributed by atoms with Gasteiger partial charge in [0.2, 0.25) is 0 Å². The standard InChI is InChI=1S/C44H68/c1-5-7-9-11-13-15-17-19-21-23-25-27-29-31-33-41-39(3)35-38-44-42(40(4)36-37-43(41)44)34-32-30-28-26-24-22-20-18-16-14-12-10-8-6-2/h35-38H,5-30H2,1-4H3. The molecule has 0 unspecified atom stereocenters. The van der Waals surface area contributed by atoms with Crippen LogP contribution in [0.3, 0.4) is 0 Å². The zero-order valence-electron chi connectivity index (χ0n) is 29.7. The summed E-state index contributed by atoms with van der Waals surface area (Å²) in [7, 11) is 0. The van der Waals surface area contributed by atoms with Crippen LogP contribution in [0.25, 0.3) is 10.8 Å². The Hall–Kier alpha value is -2.18. The molecule has 2 aromatic rings. The minimum absolute atomic E-state index is 1.00. The van der Waals surface area contributed by atoms with Crippen molar-refractivity contribution >= 4 is 10.8 Å². The Balaban J connectivity index is 1.71. The normalized spacial score (nSPS) is 10.9. The van der Waals surface area contributed by atoms with Crippen LogP contribution < -0.4 is 0 Å². The van der Waals surface area contributed by atoms with E-state index in [1.807, 2.05) is 0 Å². The molecule has 0 saturated heterocycles. The second-order valence-electron chi connectivity index (χ2n) is 13.5. The lowest BCUT2D eigenvalue weighted by atomic mass is 9.94. The summed E-state index contributed by atoms with van der Waals surface area (Å²) in [6, 6.07) is 9.02. The smallest absolute Gasteiger partial charge is 0.0353 e. The van der Waals surface area contributed by atoms with Crippen LogP contribution in [0, 0.1) is 37.5 Å². The maximum Gasteiger partial charge on any atom is 0.0353 e. The third-order valence-electron chi connectivity index (χ3n) is 9.35. The van der Waals surface area contributed by atoms with E-state index in [1.165, 1.54) is 187 Å². The highest BCUT2D eigenvalue weighted by atomic mass is 14.1. The molecule has 0 amide bonds. The van der Waals surface area contributed by atoms with Gasteiger partial charge in [-0.3, -0.25) is 0 Å². The Morgan fingerprint density at radius 1 is 0.364 bits per heavy atom. The first-order valence-corrected chi connectivity index (χ1v) is 19.2. The second kappa shape index (κ2) is 26.1. The van der Waals surface area contributed by atoms with Crippen LogP contribution in [0.15, 0.2) is 24.3 Å². The van der Waals surface area contributed by atoms with E-state index in [2.05, 4.69) is 75.6 Å². The molecule has 0 aliphatic rings. The van der Waals surface area contributed by atoms with Crippen molar-refractivity contribution in [3.05, 3.63) is 46.5 Å². The largest absolute Gasteiger partial charge is 0.0979 e. The fourth-order valence-corrected chi connectivity index (χ4v) is 6.37. The SMILES string of the molecule is CCCCCCCCCCCCCCC#Cc1c(C)ccc2c(C#CCCCCCCCCCCCCCC)c(C)ccc12. The van der Waals surface area contributed by atoms with Crippen molar-refractivity contribution in [1.29, 1.82) is 0 Å². The first-order chi connectivity index (χ1) is 21.7. The lowest BCUT2D eigenvalue weighted by molar-refractivity contribution is 0.545. The summed E-state index contributed by atoms with van der Waals surface area (Å²) >= 11 is 0. The maximum atomic E-state index is 3.56. The Bertz CT molecular complexity index is 1040. The highest BCUT2D eigenvalue weighted by molar-refractivity contribution is 5.94. The van der Waals surface area contributed by atoms with Crippen molar-refractivity contribution in [3.8, 4) is 23.7 Å². The van der Waals surface area contributed by atoms with Crippen molar-refractivity contribution in [2.24, 2.45) is 0 Å². The van der Waals surface area contributed by atoms with Gasteiger partial charge in [-0.05, 0) is 48.6 Å². The summed E-state index contributed by atoms with van der Waals surface area (Å²) in [6.45, 7) is 8.99. The molecule has 0 saturated carbocycles. The summed E-state index contributed by atoms with van der Waals surface area (Å²) in [4.78, 5) is 0. The molecule has 244 valence electrons. The zero-order chi connectivity index (χ0) is 31.5. The lowest BCUT2D eigenvalue weighted by Crippen LogP contribution is -1.91. The van der Waals surface area contributed by atoms with E-state index in [0.717, 1.165) is 12.8 Å². The average Bonchev–Trinajstić information content (AvgIpc) is 3.03. The predicted molar refractivity (Wildman–Crippen MR) is 199 cm³/mol. The van der Waals surface area contributed by atoms with E-state index < -0.39 is 0 Å². The van der Waals surface area contributed by atoms with Gasteiger partial charge in [0.25, 0.3) is 0 Å². The van der Waals surface area contributed by atoms with Gasteiger partial charge in [-0.15, -0.1) is 0 Å². The molecule has 0 atom stereocenters. The molecule has 44 heavy (non-hydrogen) atoms.